The van der Waals surface area contributed by atoms with Gasteiger partial charge in [0.1, 0.15) is 0 Å². The lowest BCUT2D eigenvalue weighted by atomic mass is 9.79. The number of hydrogen-bond donors (Lipinski definition) is 1. The minimum Gasteiger partial charge on any atom is -0.369 e. The van der Waals surface area contributed by atoms with E-state index in [1.165, 1.54) is 24.8 Å². The standard InChI is InChI=1S/C20H28N2O2/c1-3-22(17(23)11-13(2)20(21)24)19-16-10-9-15(12-16)18(19)14-7-5-4-6-8-14/h4-8,13,15-16,18-19H,3,9-12H2,1-2H3,(H2,21,24). The van der Waals surface area contributed by atoms with Crippen LogP contribution in [0.1, 0.15) is 51.0 Å². The van der Waals surface area contributed by atoms with E-state index in [4.69, 9.17) is 5.73 Å². The third-order valence-electron chi connectivity index (χ3n) is 6.04. The zero-order valence-corrected chi connectivity index (χ0v) is 14.7. The molecule has 0 aliphatic heterocycles. The minimum absolute atomic E-state index is 0.0716. The van der Waals surface area contributed by atoms with Crippen molar-refractivity contribution in [2.45, 2.75) is 51.5 Å². The molecular weight excluding hydrogens is 300 g/mol. The summed E-state index contributed by atoms with van der Waals surface area (Å²) in [6.45, 7) is 4.48. The highest BCUT2D eigenvalue weighted by atomic mass is 16.2. The number of carbonyl (C=O) groups is 2. The lowest BCUT2D eigenvalue weighted by Gasteiger charge is -2.40. The van der Waals surface area contributed by atoms with Gasteiger partial charge in [-0.15, -0.1) is 0 Å². The second-order valence-electron chi connectivity index (χ2n) is 7.45. The molecule has 130 valence electrons. The number of amides is 2. The fraction of sp³-hybridized carbons (Fsp3) is 0.600. The van der Waals surface area contributed by atoms with Crippen LogP contribution in [0.25, 0.3) is 0 Å². The van der Waals surface area contributed by atoms with Crippen molar-refractivity contribution in [3.8, 4) is 0 Å². The van der Waals surface area contributed by atoms with E-state index in [-0.39, 0.29) is 18.4 Å². The van der Waals surface area contributed by atoms with E-state index < -0.39 is 11.8 Å². The molecule has 2 aliphatic rings. The zero-order valence-electron chi connectivity index (χ0n) is 14.7. The summed E-state index contributed by atoms with van der Waals surface area (Å²) in [5, 5.41) is 0. The number of primary amides is 1. The quantitative estimate of drug-likeness (QED) is 0.872. The van der Waals surface area contributed by atoms with Gasteiger partial charge in [-0.05, 0) is 43.6 Å². The molecule has 0 saturated heterocycles. The third kappa shape index (κ3) is 3.06. The highest BCUT2D eigenvalue weighted by molar-refractivity contribution is 5.84. The molecule has 4 heteroatoms. The van der Waals surface area contributed by atoms with Gasteiger partial charge in [-0.25, -0.2) is 0 Å². The van der Waals surface area contributed by atoms with Crippen molar-refractivity contribution in [2.75, 3.05) is 6.54 Å². The van der Waals surface area contributed by atoms with Crippen molar-refractivity contribution in [1.29, 1.82) is 0 Å². The molecule has 4 nitrogen and oxygen atoms in total. The van der Waals surface area contributed by atoms with Gasteiger partial charge in [-0.1, -0.05) is 37.3 Å². The molecule has 2 aliphatic carbocycles. The Kier molecular flexibility index (Phi) is 4.93. The molecule has 1 aromatic carbocycles. The Labute approximate surface area is 144 Å². The number of nitrogens with zero attached hydrogens (tertiary/aromatic N) is 1. The zero-order chi connectivity index (χ0) is 17.3. The predicted octanol–water partition coefficient (Wildman–Crippen LogP) is 2.93. The molecule has 5 atom stereocenters. The molecule has 2 fully saturated rings. The van der Waals surface area contributed by atoms with Gasteiger partial charge in [0.15, 0.2) is 0 Å². The van der Waals surface area contributed by atoms with Gasteiger partial charge < -0.3 is 10.6 Å². The van der Waals surface area contributed by atoms with E-state index in [2.05, 4.69) is 24.3 Å². The molecular formula is C20H28N2O2. The summed E-state index contributed by atoms with van der Waals surface area (Å²) in [7, 11) is 0. The SMILES string of the molecule is CCN(C(=O)CC(C)C(N)=O)C1C2CCC(C2)C1c1ccccc1. The summed E-state index contributed by atoms with van der Waals surface area (Å²) >= 11 is 0. The van der Waals surface area contributed by atoms with Gasteiger partial charge in [-0.3, -0.25) is 9.59 Å². The Morgan fingerprint density at radius 2 is 1.88 bits per heavy atom. The first-order chi connectivity index (χ1) is 11.5. The molecule has 0 radical (unpaired) electrons. The van der Waals surface area contributed by atoms with Crippen molar-refractivity contribution < 1.29 is 9.59 Å². The monoisotopic (exact) mass is 328 g/mol. The van der Waals surface area contributed by atoms with Crippen molar-refractivity contribution in [3.05, 3.63) is 35.9 Å². The Bertz CT molecular complexity index is 601. The normalized spacial score (nSPS) is 29.4. The molecule has 2 saturated carbocycles. The molecule has 24 heavy (non-hydrogen) atoms. The molecule has 0 heterocycles. The molecule has 0 spiro atoms. The maximum Gasteiger partial charge on any atom is 0.223 e. The lowest BCUT2D eigenvalue weighted by molar-refractivity contribution is -0.138. The highest BCUT2D eigenvalue weighted by Crippen LogP contribution is 2.54. The molecule has 3 rings (SSSR count). The van der Waals surface area contributed by atoms with Gasteiger partial charge in [-0.2, -0.15) is 0 Å². The summed E-state index contributed by atoms with van der Waals surface area (Å²) in [6.07, 6.45) is 3.93. The molecule has 2 amide bonds. The van der Waals surface area contributed by atoms with Gasteiger partial charge in [0.05, 0.1) is 0 Å². The minimum atomic E-state index is -0.402. The number of hydrogen-bond acceptors (Lipinski definition) is 2. The van der Waals surface area contributed by atoms with E-state index in [0.717, 1.165) is 0 Å². The first-order valence-corrected chi connectivity index (χ1v) is 9.16. The summed E-state index contributed by atoms with van der Waals surface area (Å²) in [5.74, 6) is 0.970. The number of carbonyl (C=O) groups excluding carboxylic acids is 2. The molecule has 2 bridgehead atoms. The maximum atomic E-state index is 12.8. The van der Waals surface area contributed by atoms with Crippen LogP contribution in [-0.4, -0.2) is 29.3 Å². The second-order valence-corrected chi connectivity index (χ2v) is 7.45. The maximum absolute atomic E-state index is 12.8. The van der Waals surface area contributed by atoms with Crippen molar-refractivity contribution in [1.82, 2.24) is 4.90 Å². The van der Waals surface area contributed by atoms with Crippen molar-refractivity contribution in [3.63, 3.8) is 0 Å². The number of benzene rings is 1. The smallest absolute Gasteiger partial charge is 0.223 e. The van der Waals surface area contributed by atoms with Crippen LogP contribution in [-0.2, 0) is 9.59 Å². The Balaban J connectivity index is 1.84. The van der Waals surface area contributed by atoms with Crippen LogP contribution in [0.15, 0.2) is 30.3 Å². The fourth-order valence-electron chi connectivity index (χ4n) is 4.89. The number of nitrogens with two attached hydrogens (primary N) is 1. The molecule has 2 N–H and O–H groups in total. The Hall–Kier alpha value is -1.84. The van der Waals surface area contributed by atoms with Crippen LogP contribution in [0.5, 0.6) is 0 Å². The topological polar surface area (TPSA) is 63.4 Å². The van der Waals surface area contributed by atoms with Crippen LogP contribution < -0.4 is 5.73 Å². The largest absolute Gasteiger partial charge is 0.369 e. The second kappa shape index (κ2) is 6.96. The molecule has 0 aromatic heterocycles. The first-order valence-electron chi connectivity index (χ1n) is 9.16. The van der Waals surface area contributed by atoms with E-state index >= 15 is 0 Å². The van der Waals surface area contributed by atoms with Gasteiger partial charge in [0, 0.05) is 30.8 Å². The third-order valence-corrected chi connectivity index (χ3v) is 6.04. The number of rotatable bonds is 6. The predicted molar refractivity (Wildman–Crippen MR) is 94.2 cm³/mol. The fourth-order valence-corrected chi connectivity index (χ4v) is 4.89. The van der Waals surface area contributed by atoms with Gasteiger partial charge >= 0.3 is 0 Å². The average molecular weight is 328 g/mol. The van der Waals surface area contributed by atoms with Crippen LogP contribution in [0.2, 0.25) is 0 Å². The van der Waals surface area contributed by atoms with Crippen molar-refractivity contribution in [2.24, 2.45) is 23.5 Å². The highest BCUT2D eigenvalue weighted by Gasteiger charge is 2.51. The van der Waals surface area contributed by atoms with Gasteiger partial charge in [0.25, 0.3) is 0 Å². The van der Waals surface area contributed by atoms with Crippen molar-refractivity contribution >= 4 is 11.8 Å². The number of likely N-dealkylation sites (N-methyl/N-ethyl adjacent to an activating group) is 1. The number of fused-ring (bicyclic) bond motifs is 2. The molecule has 1 aromatic rings. The van der Waals surface area contributed by atoms with Crippen LogP contribution >= 0.6 is 0 Å². The van der Waals surface area contributed by atoms with E-state index in [1.54, 1.807) is 6.92 Å². The molecule has 5 unspecified atom stereocenters. The van der Waals surface area contributed by atoms with E-state index in [9.17, 15) is 9.59 Å². The summed E-state index contributed by atoms with van der Waals surface area (Å²) < 4.78 is 0. The Morgan fingerprint density at radius 1 is 1.21 bits per heavy atom. The summed E-state index contributed by atoms with van der Waals surface area (Å²) in [5.41, 5.74) is 6.70. The van der Waals surface area contributed by atoms with E-state index in [0.29, 0.717) is 24.3 Å². The summed E-state index contributed by atoms with van der Waals surface area (Å²) in [6, 6.07) is 10.9. The lowest BCUT2D eigenvalue weighted by Crippen LogP contribution is -2.47. The van der Waals surface area contributed by atoms with Crippen LogP contribution in [0.4, 0.5) is 0 Å². The average Bonchev–Trinajstić information content (AvgIpc) is 3.17. The Morgan fingerprint density at radius 3 is 2.50 bits per heavy atom. The van der Waals surface area contributed by atoms with E-state index in [1.807, 2.05) is 17.9 Å². The van der Waals surface area contributed by atoms with Crippen LogP contribution in [0, 0.1) is 17.8 Å². The van der Waals surface area contributed by atoms with Crippen LogP contribution in [0.3, 0.4) is 0 Å². The summed E-state index contributed by atoms with van der Waals surface area (Å²) in [4.78, 5) is 26.2. The van der Waals surface area contributed by atoms with Gasteiger partial charge in [0.2, 0.25) is 11.8 Å². The first kappa shape index (κ1) is 17.0.